The molecule has 1 unspecified atom stereocenters. The lowest BCUT2D eigenvalue weighted by Gasteiger charge is -2.36. The molecule has 25 heavy (non-hydrogen) atoms. The Hall–Kier alpha value is -2.49. The Morgan fingerprint density at radius 1 is 1.08 bits per heavy atom. The fourth-order valence-corrected chi connectivity index (χ4v) is 3.12. The molecule has 0 fully saturated rings. The van der Waals surface area contributed by atoms with Crippen LogP contribution >= 0.6 is 0 Å². The van der Waals surface area contributed by atoms with Crippen molar-refractivity contribution in [2.75, 3.05) is 6.54 Å². The number of amides is 1. The van der Waals surface area contributed by atoms with E-state index in [9.17, 15) is 4.79 Å². The highest BCUT2D eigenvalue weighted by atomic mass is 16.6. The van der Waals surface area contributed by atoms with Gasteiger partial charge in [0.2, 0.25) is 0 Å². The van der Waals surface area contributed by atoms with Crippen LogP contribution in [0, 0.1) is 0 Å². The number of fused-ring (bicyclic) bond motifs is 1. The summed E-state index contributed by atoms with van der Waals surface area (Å²) >= 11 is 0. The SMILES string of the molecule is CC1c2cccc(Oc3ccccc3)c2CCN1C(=O)OC(C)(C)C. The Balaban J connectivity index is 1.84. The zero-order valence-electron chi connectivity index (χ0n) is 15.3. The van der Waals surface area contributed by atoms with Gasteiger partial charge < -0.3 is 14.4 Å². The van der Waals surface area contributed by atoms with Crippen LogP contribution in [0.4, 0.5) is 4.79 Å². The second-order valence-corrected chi connectivity index (χ2v) is 7.34. The van der Waals surface area contributed by atoms with E-state index in [4.69, 9.17) is 9.47 Å². The molecule has 132 valence electrons. The average Bonchev–Trinajstić information content (AvgIpc) is 2.55. The molecule has 1 amide bonds. The predicted molar refractivity (Wildman–Crippen MR) is 98.0 cm³/mol. The van der Waals surface area contributed by atoms with Crippen molar-refractivity contribution < 1.29 is 14.3 Å². The maximum absolute atomic E-state index is 12.5. The molecule has 0 bridgehead atoms. The van der Waals surface area contributed by atoms with Gasteiger partial charge in [0.15, 0.2) is 0 Å². The molecular formula is C21H25NO3. The monoisotopic (exact) mass is 339 g/mol. The fraction of sp³-hybridized carbons (Fsp3) is 0.381. The van der Waals surface area contributed by atoms with Gasteiger partial charge in [-0.15, -0.1) is 0 Å². The summed E-state index contributed by atoms with van der Waals surface area (Å²) < 4.78 is 11.6. The highest BCUT2D eigenvalue weighted by molar-refractivity contribution is 5.69. The number of para-hydroxylation sites is 1. The van der Waals surface area contributed by atoms with Gasteiger partial charge in [-0.05, 0) is 57.9 Å². The van der Waals surface area contributed by atoms with Gasteiger partial charge in [0.1, 0.15) is 17.1 Å². The summed E-state index contributed by atoms with van der Waals surface area (Å²) in [5, 5.41) is 0. The van der Waals surface area contributed by atoms with Gasteiger partial charge in [-0.1, -0.05) is 30.3 Å². The minimum atomic E-state index is -0.491. The fourth-order valence-electron chi connectivity index (χ4n) is 3.12. The van der Waals surface area contributed by atoms with Crippen LogP contribution in [0.15, 0.2) is 48.5 Å². The van der Waals surface area contributed by atoms with E-state index in [1.165, 1.54) is 5.56 Å². The van der Waals surface area contributed by atoms with E-state index in [1.807, 2.05) is 70.2 Å². The van der Waals surface area contributed by atoms with Crippen molar-refractivity contribution in [2.45, 2.75) is 45.8 Å². The van der Waals surface area contributed by atoms with E-state index in [1.54, 1.807) is 4.90 Å². The number of hydrogen-bond acceptors (Lipinski definition) is 3. The number of benzene rings is 2. The maximum Gasteiger partial charge on any atom is 0.410 e. The highest BCUT2D eigenvalue weighted by Gasteiger charge is 2.32. The Labute approximate surface area is 149 Å². The van der Waals surface area contributed by atoms with Crippen LogP contribution in [-0.4, -0.2) is 23.1 Å². The molecule has 1 aliphatic heterocycles. The third kappa shape index (κ3) is 3.95. The standard InChI is InChI=1S/C21H25NO3/c1-15-17-11-8-12-19(24-16-9-6-5-7-10-16)18(17)13-14-22(15)20(23)25-21(2,3)4/h5-12,15H,13-14H2,1-4H3. The first-order valence-corrected chi connectivity index (χ1v) is 8.69. The molecule has 2 aromatic carbocycles. The zero-order valence-corrected chi connectivity index (χ0v) is 15.3. The van der Waals surface area contributed by atoms with Gasteiger partial charge in [0.25, 0.3) is 0 Å². The molecule has 1 aliphatic rings. The molecule has 1 atom stereocenters. The van der Waals surface area contributed by atoms with E-state index in [0.29, 0.717) is 6.54 Å². The lowest BCUT2D eigenvalue weighted by Crippen LogP contribution is -2.42. The number of carbonyl (C=O) groups is 1. The van der Waals surface area contributed by atoms with Crippen LogP contribution < -0.4 is 4.74 Å². The first-order chi connectivity index (χ1) is 11.8. The number of ether oxygens (including phenoxy) is 2. The Kier molecular flexibility index (Phi) is 4.71. The summed E-state index contributed by atoms with van der Waals surface area (Å²) in [6.07, 6.45) is 0.488. The summed E-state index contributed by atoms with van der Waals surface area (Å²) in [7, 11) is 0. The summed E-state index contributed by atoms with van der Waals surface area (Å²) in [5.74, 6) is 1.68. The highest BCUT2D eigenvalue weighted by Crippen LogP contribution is 2.37. The minimum Gasteiger partial charge on any atom is -0.457 e. The molecule has 0 aromatic heterocycles. The summed E-state index contributed by atoms with van der Waals surface area (Å²) in [6, 6.07) is 15.8. The first-order valence-electron chi connectivity index (χ1n) is 8.69. The molecule has 0 N–H and O–H groups in total. The van der Waals surface area contributed by atoms with Gasteiger partial charge in [-0.25, -0.2) is 4.79 Å². The van der Waals surface area contributed by atoms with Crippen LogP contribution in [0.5, 0.6) is 11.5 Å². The van der Waals surface area contributed by atoms with E-state index in [0.717, 1.165) is 23.5 Å². The van der Waals surface area contributed by atoms with Crippen molar-refractivity contribution in [3.63, 3.8) is 0 Å². The largest absolute Gasteiger partial charge is 0.457 e. The van der Waals surface area contributed by atoms with Gasteiger partial charge in [-0.2, -0.15) is 0 Å². The van der Waals surface area contributed by atoms with Crippen molar-refractivity contribution in [2.24, 2.45) is 0 Å². The van der Waals surface area contributed by atoms with Crippen molar-refractivity contribution >= 4 is 6.09 Å². The molecule has 0 radical (unpaired) electrons. The maximum atomic E-state index is 12.5. The topological polar surface area (TPSA) is 38.8 Å². The number of rotatable bonds is 2. The Morgan fingerprint density at radius 3 is 2.48 bits per heavy atom. The minimum absolute atomic E-state index is 0.0436. The van der Waals surface area contributed by atoms with Crippen LogP contribution in [-0.2, 0) is 11.2 Å². The molecule has 0 saturated heterocycles. The first kappa shape index (κ1) is 17.3. The van der Waals surface area contributed by atoms with Crippen molar-refractivity contribution in [3.05, 3.63) is 59.7 Å². The predicted octanol–water partition coefficient (Wildman–Crippen LogP) is 5.33. The normalized spacial score (nSPS) is 17.0. The van der Waals surface area contributed by atoms with E-state index >= 15 is 0 Å². The molecule has 0 spiro atoms. The van der Waals surface area contributed by atoms with Crippen LogP contribution in [0.1, 0.15) is 44.9 Å². The van der Waals surface area contributed by atoms with Gasteiger partial charge in [-0.3, -0.25) is 0 Å². The Morgan fingerprint density at radius 2 is 1.80 bits per heavy atom. The third-order valence-electron chi connectivity index (χ3n) is 4.29. The average molecular weight is 339 g/mol. The second-order valence-electron chi connectivity index (χ2n) is 7.34. The number of carbonyl (C=O) groups excluding carboxylic acids is 1. The van der Waals surface area contributed by atoms with Crippen LogP contribution in [0.2, 0.25) is 0 Å². The summed E-state index contributed by atoms with van der Waals surface area (Å²) in [4.78, 5) is 14.3. The quantitative estimate of drug-likeness (QED) is 0.742. The summed E-state index contributed by atoms with van der Waals surface area (Å²) in [5.41, 5.74) is 1.79. The molecular weight excluding hydrogens is 314 g/mol. The second kappa shape index (κ2) is 6.79. The van der Waals surface area contributed by atoms with E-state index in [2.05, 4.69) is 6.07 Å². The van der Waals surface area contributed by atoms with E-state index in [-0.39, 0.29) is 12.1 Å². The van der Waals surface area contributed by atoms with E-state index < -0.39 is 5.60 Å². The smallest absolute Gasteiger partial charge is 0.410 e. The van der Waals surface area contributed by atoms with Gasteiger partial charge in [0, 0.05) is 12.1 Å². The third-order valence-corrected chi connectivity index (χ3v) is 4.29. The van der Waals surface area contributed by atoms with Crippen molar-refractivity contribution in [1.29, 1.82) is 0 Å². The number of hydrogen-bond donors (Lipinski definition) is 0. The van der Waals surface area contributed by atoms with Crippen molar-refractivity contribution in [3.8, 4) is 11.5 Å². The molecule has 1 heterocycles. The van der Waals surface area contributed by atoms with Crippen LogP contribution in [0.25, 0.3) is 0 Å². The van der Waals surface area contributed by atoms with Gasteiger partial charge in [0.05, 0.1) is 6.04 Å². The van der Waals surface area contributed by atoms with Gasteiger partial charge >= 0.3 is 6.09 Å². The summed E-state index contributed by atoms with van der Waals surface area (Å²) in [6.45, 7) is 8.32. The molecule has 0 aliphatic carbocycles. The molecule has 2 aromatic rings. The molecule has 0 saturated carbocycles. The van der Waals surface area contributed by atoms with Crippen LogP contribution in [0.3, 0.4) is 0 Å². The molecule has 4 heteroatoms. The molecule has 3 rings (SSSR count). The van der Waals surface area contributed by atoms with Crippen molar-refractivity contribution in [1.82, 2.24) is 4.90 Å². The zero-order chi connectivity index (χ0) is 18.0. The lowest BCUT2D eigenvalue weighted by atomic mass is 9.93. The number of nitrogens with zero attached hydrogens (tertiary/aromatic N) is 1. The Bertz CT molecular complexity index is 749. The molecule has 4 nitrogen and oxygen atoms in total. The lowest BCUT2D eigenvalue weighted by molar-refractivity contribution is 0.0159.